The number of piperazine rings is 1. The molecule has 0 radical (unpaired) electrons. The highest BCUT2D eigenvalue weighted by Crippen LogP contribution is 2.38. The topological polar surface area (TPSA) is 81.2 Å². The first-order valence-corrected chi connectivity index (χ1v) is 8.69. The number of aliphatic hydroxyl groups excluding tert-OH is 1. The van der Waals surface area contributed by atoms with Crippen molar-refractivity contribution in [1.82, 2.24) is 19.8 Å². The van der Waals surface area contributed by atoms with Crippen molar-refractivity contribution >= 4 is 0 Å². The van der Waals surface area contributed by atoms with Gasteiger partial charge in [0.2, 0.25) is 0 Å². The average Bonchev–Trinajstić information content (AvgIpc) is 2.96. The number of aromatic nitrogens is 3. The van der Waals surface area contributed by atoms with Crippen molar-refractivity contribution in [2.75, 3.05) is 44.3 Å². The van der Waals surface area contributed by atoms with Crippen molar-refractivity contribution in [3.05, 3.63) is 23.0 Å². The fourth-order valence-corrected chi connectivity index (χ4v) is 4.00. The maximum absolute atomic E-state index is 9.61. The summed E-state index contributed by atoms with van der Waals surface area (Å²) in [6, 6.07) is 2.37. The van der Waals surface area contributed by atoms with E-state index in [1.165, 1.54) is 11.1 Å². The lowest BCUT2D eigenvalue weighted by molar-refractivity contribution is 0.179. The minimum absolute atomic E-state index is 0.201. The Hall–Kier alpha value is -2.17. The van der Waals surface area contributed by atoms with Crippen LogP contribution in [-0.4, -0.2) is 64.2 Å². The first-order valence-electron chi connectivity index (χ1n) is 8.69. The minimum Gasteiger partial charge on any atom is -0.395 e. The molecule has 4 rings (SSSR count). The zero-order chi connectivity index (χ0) is 16.5. The van der Waals surface area contributed by atoms with Gasteiger partial charge in [0.05, 0.1) is 12.2 Å². The number of β-amino-alcohol motifs (C(OH)–C–C–N with tert-alkyl or cyclic N) is 1. The Bertz CT molecular complexity index is 741. The second-order valence-corrected chi connectivity index (χ2v) is 6.52. The van der Waals surface area contributed by atoms with E-state index in [1.807, 2.05) is 4.79 Å². The molecule has 0 unspecified atom stereocenters. The van der Waals surface area contributed by atoms with Crippen LogP contribution in [0.5, 0.6) is 0 Å². The van der Waals surface area contributed by atoms with Crippen molar-refractivity contribution in [3.8, 4) is 17.5 Å². The fraction of sp³-hybridized carbons (Fsp3) is 0.588. The summed E-state index contributed by atoms with van der Waals surface area (Å²) >= 11 is 0. The number of nitrogens with zero attached hydrogens (tertiary/aromatic N) is 6. The smallest absolute Gasteiger partial charge is 0.138 e. The van der Waals surface area contributed by atoms with E-state index < -0.39 is 0 Å². The van der Waals surface area contributed by atoms with Gasteiger partial charge in [-0.2, -0.15) is 10.1 Å². The van der Waals surface area contributed by atoms with Crippen LogP contribution in [0.1, 0.15) is 29.5 Å². The number of aliphatic hydroxyl groups is 1. The van der Waals surface area contributed by atoms with Crippen LogP contribution < -0.4 is 5.01 Å². The zero-order valence-corrected chi connectivity index (χ0v) is 13.8. The van der Waals surface area contributed by atoms with Gasteiger partial charge in [0.25, 0.3) is 0 Å². The normalized spacial score (nSPS) is 18.6. The van der Waals surface area contributed by atoms with E-state index in [4.69, 9.17) is 5.11 Å². The summed E-state index contributed by atoms with van der Waals surface area (Å²) in [4.78, 5) is 8.67. The van der Waals surface area contributed by atoms with E-state index in [9.17, 15) is 5.26 Å². The van der Waals surface area contributed by atoms with Gasteiger partial charge in [0.15, 0.2) is 0 Å². The van der Waals surface area contributed by atoms with Crippen LogP contribution in [0.15, 0.2) is 6.33 Å². The maximum Gasteiger partial charge on any atom is 0.138 e. The van der Waals surface area contributed by atoms with Crippen molar-refractivity contribution in [2.45, 2.75) is 25.7 Å². The molecule has 0 saturated carbocycles. The number of nitriles is 1. The molecule has 7 nitrogen and oxygen atoms in total. The van der Waals surface area contributed by atoms with Gasteiger partial charge in [-0.3, -0.25) is 9.91 Å². The van der Waals surface area contributed by atoms with Crippen LogP contribution in [0.3, 0.4) is 0 Å². The van der Waals surface area contributed by atoms with E-state index >= 15 is 0 Å². The van der Waals surface area contributed by atoms with Crippen molar-refractivity contribution in [2.24, 2.45) is 0 Å². The summed E-state index contributed by atoms with van der Waals surface area (Å²) in [7, 11) is 0. The van der Waals surface area contributed by atoms with Gasteiger partial charge in [-0.15, -0.1) is 5.10 Å². The Balaban J connectivity index is 1.71. The fourth-order valence-electron chi connectivity index (χ4n) is 4.00. The number of fused-ring (bicyclic) bond motifs is 3. The van der Waals surface area contributed by atoms with Gasteiger partial charge in [-0.1, -0.05) is 0 Å². The first-order chi connectivity index (χ1) is 11.8. The lowest BCUT2D eigenvalue weighted by atomic mass is 9.94. The molecule has 0 amide bonds. The SMILES string of the molecule is N#Cc1c2ncnn(N3CCN(CCO)CC3)c-2c2c1CCCC2. The van der Waals surface area contributed by atoms with E-state index in [0.717, 1.165) is 75.4 Å². The van der Waals surface area contributed by atoms with Gasteiger partial charge in [-0.25, -0.2) is 4.98 Å². The second kappa shape index (κ2) is 6.38. The predicted octanol–water partition coefficient (Wildman–Crippen LogP) is 0.379. The Morgan fingerprint density at radius 2 is 1.88 bits per heavy atom. The average molecular weight is 326 g/mol. The molecule has 2 aliphatic heterocycles. The molecule has 0 aromatic heterocycles. The second-order valence-electron chi connectivity index (χ2n) is 6.52. The van der Waals surface area contributed by atoms with E-state index in [0.29, 0.717) is 0 Å². The molecule has 4 aliphatic rings. The van der Waals surface area contributed by atoms with E-state index in [1.54, 1.807) is 6.33 Å². The van der Waals surface area contributed by atoms with Crippen LogP contribution in [0.2, 0.25) is 0 Å². The standard InChI is InChI=1S/C17H22N6O/c18-11-15-13-3-1-2-4-14(13)17-16(15)19-12-20-23(17)22-7-5-21(6-8-22)9-10-24/h12,24H,1-10H2. The summed E-state index contributed by atoms with van der Waals surface area (Å²) in [5.41, 5.74) is 5.03. The predicted molar refractivity (Wildman–Crippen MR) is 89.5 cm³/mol. The van der Waals surface area contributed by atoms with Gasteiger partial charge in [0.1, 0.15) is 23.8 Å². The molecule has 7 heteroatoms. The zero-order valence-electron chi connectivity index (χ0n) is 13.8. The highest BCUT2D eigenvalue weighted by molar-refractivity contribution is 5.76. The third kappa shape index (κ3) is 2.43. The Morgan fingerprint density at radius 1 is 1.12 bits per heavy atom. The Kier molecular flexibility index (Phi) is 4.08. The molecule has 126 valence electrons. The molecular formula is C17H22N6O. The minimum atomic E-state index is 0.201. The van der Waals surface area contributed by atoms with Gasteiger partial charge in [-0.05, 0) is 36.8 Å². The Labute approximate surface area is 141 Å². The highest BCUT2D eigenvalue weighted by Gasteiger charge is 2.31. The molecule has 0 aromatic rings. The lowest BCUT2D eigenvalue weighted by Gasteiger charge is -2.36. The summed E-state index contributed by atoms with van der Waals surface area (Å²) in [5.74, 6) is 0. The van der Waals surface area contributed by atoms with Crippen molar-refractivity contribution in [1.29, 1.82) is 5.26 Å². The van der Waals surface area contributed by atoms with Crippen LogP contribution in [-0.2, 0) is 12.8 Å². The van der Waals surface area contributed by atoms with Crippen LogP contribution in [0.4, 0.5) is 0 Å². The van der Waals surface area contributed by atoms with Crippen molar-refractivity contribution < 1.29 is 5.11 Å². The molecule has 0 bridgehead atoms. The number of rotatable bonds is 3. The molecule has 1 N–H and O–H groups in total. The Morgan fingerprint density at radius 3 is 2.58 bits per heavy atom. The largest absolute Gasteiger partial charge is 0.395 e. The summed E-state index contributed by atoms with van der Waals surface area (Å²) in [6.45, 7) is 4.46. The van der Waals surface area contributed by atoms with Gasteiger partial charge >= 0.3 is 0 Å². The highest BCUT2D eigenvalue weighted by atomic mass is 16.3. The molecule has 0 aromatic carbocycles. The number of hydrogen-bond donors (Lipinski definition) is 1. The molecule has 24 heavy (non-hydrogen) atoms. The summed E-state index contributed by atoms with van der Waals surface area (Å²) in [6.07, 6.45) is 5.85. The van der Waals surface area contributed by atoms with Crippen LogP contribution in [0.25, 0.3) is 11.4 Å². The first kappa shape index (κ1) is 15.4. The van der Waals surface area contributed by atoms with Crippen LogP contribution >= 0.6 is 0 Å². The van der Waals surface area contributed by atoms with E-state index in [2.05, 4.69) is 26.1 Å². The monoisotopic (exact) mass is 326 g/mol. The third-order valence-electron chi connectivity index (χ3n) is 5.21. The quantitative estimate of drug-likeness (QED) is 0.878. The third-order valence-corrected chi connectivity index (χ3v) is 5.21. The van der Waals surface area contributed by atoms with E-state index in [-0.39, 0.29) is 6.61 Å². The van der Waals surface area contributed by atoms with Gasteiger partial charge in [0, 0.05) is 32.7 Å². The van der Waals surface area contributed by atoms with Gasteiger partial charge < -0.3 is 5.11 Å². The summed E-state index contributed by atoms with van der Waals surface area (Å²) < 4.78 is 0. The van der Waals surface area contributed by atoms with Crippen molar-refractivity contribution in [3.63, 3.8) is 0 Å². The molecule has 1 saturated heterocycles. The molecule has 0 spiro atoms. The summed E-state index contributed by atoms with van der Waals surface area (Å²) in [5, 5.41) is 25.4. The molecule has 1 fully saturated rings. The molecular weight excluding hydrogens is 304 g/mol. The molecule has 2 heterocycles. The molecule has 2 aliphatic carbocycles. The maximum atomic E-state index is 9.61. The lowest BCUT2D eigenvalue weighted by Crippen LogP contribution is -2.52. The van der Waals surface area contributed by atoms with Crippen LogP contribution in [0, 0.1) is 11.3 Å². The molecule has 0 atom stereocenters. The number of hydrogen-bond acceptors (Lipinski definition) is 6.